The summed E-state index contributed by atoms with van der Waals surface area (Å²) < 4.78 is 0. The lowest BCUT2D eigenvalue weighted by Crippen LogP contribution is -2.30. The van der Waals surface area contributed by atoms with Crippen LogP contribution in [0.1, 0.15) is 98.8 Å². The number of terminal acetylenes is 1. The van der Waals surface area contributed by atoms with Crippen LogP contribution in [-0.4, -0.2) is 25.2 Å². The van der Waals surface area contributed by atoms with Gasteiger partial charge in [0.15, 0.2) is 0 Å². The molecule has 0 aliphatic heterocycles. The van der Waals surface area contributed by atoms with E-state index in [2.05, 4.69) is 95.8 Å². The Bertz CT molecular complexity index is 920. The first-order valence-corrected chi connectivity index (χ1v) is 16.9. The molecule has 1 aromatic rings. The van der Waals surface area contributed by atoms with Gasteiger partial charge in [0.05, 0.1) is 12.6 Å². The summed E-state index contributed by atoms with van der Waals surface area (Å²) in [6.07, 6.45) is 22.3. The summed E-state index contributed by atoms with van der Waals surface area (Å²) in [5.74, 6) is 2.84. The van der Waals surface area contributed by atoms with Gasteiger partial charge in [-0.1, -0.05) is 123 Å². The quantitative estimate of drug-likeness (QED) is 0.131. The summed E-state index contributed by atoms with van der Waals surface area (Å²) in [6.45, 7) is 27.8. The number of benzene rings is 1. The molecule has 2 saturated carbocycles. The molecule has 1 aromatic carbocycles. The van der Waals surface area contributed by atoms with E-state index in [1.54, 1.807) is 6.20 Å². The van der Waals surface area contributed by atoms with Gasteiger partial charge in [0.1, 0.15) is 0 Å². The van der Waals surface area contributed by atoms with Gasteiger partial charge < -0.3 is 21.7 Å². The molecule has 2 aliphatic carbocycles. The molecule has 0 amide bonds. The lowest BCUT2D eigenvalue weighted by atomic mass is 9.85. The maximum absolute atomic E-state index is 8.71. The molecule has 0 radical (unpaired) electrons. The summed E-state index contributed by atoms with van der Waals surface area (Å²) in [5.41, 5.74) is 8.40. The molecule has 0 heterocycles. The summed E-state index contributed by atoms with van der Waals surface area (Å²) >= 11 is 0. The Balaban J connectivity index is 0. The molecule has 5 heteroatoms. The van der Waals surface area contributed by atoms with Crippen molar-refractivity contribution < 1.29 is 0 Å². The van der Waals surface area contributed by atoms with E-state index >= 15 is 0 Å². The van der Waals surface area contributed by atoms with E-state index in [4.69, 9.17) is 11.0 Å². The summed E-state index contributed by atoms with van der Waals surface area (Å²) in [4.78, 5) is 0. The highest BCUT2D eigenvalue weighted by Gasteiger charge is 2.29. The molecule has 0 aromatic heterocycles. The maximum atomic E-state index is 8.71. The molecule has 252 valence electrons. The second-order valence-electron chi connectivity index (χ2n) is 12.9. The molecular formula is C40H67N5. The number of nitrogens with two attached hydrogens (primary N) is 1. The number of allylic oxidation sites excluding steroid dienone is 1. The largest absolute Gasteiger partial charge is 0.388 e. The fourth-order valence-corrected chi connectivity index (χ4v) is 5.35. The molecule has 3 rings (SSSR count). The van der Waals surface area contributed by atoms with E-state index in [9.17, 15) is 0 Å². The lowest BCUT2D eigenvalue weighted by Gasteiger charge is -2.23. The Morgan fingerprint density at radius 2 is 1.47 bits per heavy atom. The third-order valence-electron chi connectivity index (χ3n) is 7.63. The maximum Gasteiger partial charge on any atom is 0.0941 e. The number of hydrogen-bond donors (Lipinski definition) is 4. The van der Waals surface area contributed by atoms with Gasteiger partial charge in [0.2, 0.25) is 0 Å². The van der Waals surface area contributed by atoms with Crippen molar-refractivity contribution in [3.05, 3.63) is 85.9 Å². The van der Waals surface area contributed by atoms with Crippen molar-refractivity contribution in [3.63, 3.8) is 0 Å². The minimum atomic E-state index is 0.420. The smallest absolute Gasteiger partial charge is 0.0941 e. The SMILES string of the molecule is C#C.C=CNCC(=C)NC1CCC(C(C)C(=C)NCCC(=C)C#N)C1.CC(C)C.CC(N)CC1CCCCC1.c1ccccc1. The molecule has 5 N–H and O–H groups in total. The standard InChI is InChI=1S/C19H30N4.C9H19N.C6H6.C4H10.C2H2/c1-6-21-13-15(3)23-19-8-7-18(11-19)16(4)17(5)22-10-9-14(2)12-20;1-8(10)7-9-5-3-2-4-6-9;1-2-4-6-5-3-1;1-4(2)3;1-2/h6,16,18-19,21-23H,1-3,5,7-11,13H2,4H3;8-9H,2-7,10H2,1H3;1-6H;4H,1-3H3;1-2H. The van der Waals surface area contributed by atoms with Gasteiger partial charge >= 0.3 is 0 Å². The van der Waals surface area contributed by atoms with Crippen molar-refractivity contribution in [1.29, 1.82) is 5.26 Å². The number of nitriles is 1. The third-order valence-corrected chi connectivity index (χ3v) is 7.63. The van der Waals surface area contributed by atoms with Gasteiger partial charge in [-0.15, -0.1) is 12.8 Å². The number of nitrogens with zero attached hydrogens (tertiary/aromatic N) is 1. The molecule has 2 aliphatic rings. The van der Waals surface area contributed by atoms with Crippen LogP contribution in [0.25, 0.3) is 0 Å². The lowest BCUT2D eigenvalue weighted by molar-refractivity contribution is 0.323. The van der Waals surface area contributed by atoms with Crippen LogP contribution in [0.2, 0.25) is 0 Å². The van der Waals surface area contributed by atoms with Crippen LogP contribution in [0.4, 0.5) is 0 Å². The average molecular weight is 618 g/mol. The first-order valence-electron chi connectivity index (χ1n) is 16.9. The molecular weight excluding hydrogens is 550 g/mol. The Kier molecular flexibility index (Phi) is 28.5. The Hall–Kier alpha value is -3.41. The van der Waals surface area contributed by atoms with Crippen LogP contribution >= 0.6 is 0 Å². The van der Waals surface area contributed by atoms with E-state index in [0.29, 0.717) is 35.9 Å². The van der Waals surface area contributed by atoms with E-state index < -0.39 is 0 Å². The van der Waals surface area contributed by atoms with Crippen LogP contribution in [-0.2, 0) is 0 Å². The second-order valence-corrected chi connectivity index (χ2v) is 12.9. The highest BCUT2D eigenvalue weighted by molar-refractivity contribution is 5.16. The number of nitrogens with one attached hydrogen (secondary N) is 3. The average Bonchev–Trinajstić information content (AvgIpc) is 3.50. The fraction of sp³-hybridized carbons (Fsp3) is 0.575. The predicted molar refractivity (Wildman–Crippen MR) is 199 cm³/mol. The minimum absolute atomic E-state index is 0.420. The van der Waals surface area contributed by atoms with Crippen LogP contribution in [0.15, 0.2) is 85.9 Å². The van der Waals surface area contributed by atoms with Gasteiger partial charge in [-0.05, 0) is 68.9 Å². The molecule has 4 unspecified atom stereocenters. The fourth-order valence-electron chi connectivity index (χ4n) is 5.35. The van der Waals surface area contributed by atoms with E-state index in [1.165, 1.54) is 51.4 Å². The van der Waals surface area contributed by atoms with E-state index in [-0.39, 0.29) is 0 Å². The molecule has 0 saturated heterocycles. The van der Waals surface area contributed by atoms with Gasteiger partial charge in [-0.3, -0.25) is 0 Å². The monoisotopic (exact) mass is 618 g/mol. The second kappa shape index (κ2) is 29.3. The van der Waals surface area contributed by atoms with Gasteiger partial charge in [0.25, 0.3) is 0 Å². The summed E-state index contributed by atoms with van der Waals surface area (Å²) in [7, 11) is 0. The highest BCUT2D eigenvalue weighted by atomic mass is 15.0. The van der Waals surface area contributed by atoms with Crippen LogP contribution in [0, 0.1) is 47.8 Å². The summed E-state index contributed by atoms with van der Waals surface area (Å²) in [5, 5.41) is 18.6. The Morgan fingerprint density at radius 3 is 1.93 bits per heavy atom. The van der Waals surface area contributed by atoms with Crippen molar-refractivity contribution in [1.82, 2.24) is 16.0 Å². The van der Waals surface area contributed by atoms with Gasteiger partial charge in [0, 0.05) is 35.6 Å². The third kappa shape index (κ3) is 26.7. The van der Waals surface area contributed by atoms with Crippen molar-refractivity contribution in [2.75, 3.05) is 13.1 Å². The zero-order chi connectivity index (χ0) is 34.5. The number of rotatable bonds is 13. The van der Waals surface area contributed by atoms with Crippen LogP contribution in [0.5, 0.6) is 0 Å². The number of hydrogen-bond acceptors (Lipinski definition) is 5. The molecule has 2 fully saturated rings. The van der Waals surface area contributed by atoms with Crippen molar-refractivity contribution >= 4 is 0 Å². The van der Waals surface area contributed by atoms with Crippen molar-refractivity contribution in [2.45, 2.75) is 111 Å². The van der Waals surface area contributed by atoms with Crippen molar-refractivity contribution in [2.24, 2.45) is 29.4 Å². The van der Waals surface area contributed by atoms with Crippen LogP contribution in [0.3, 0.4) is 0 Å². The van der Waals surface area contributed by atoms with Crippen molar-refractivity contribution in [3.8, 4) is 18.9 Å². The Labute approximate surface area is 278 Å². The first kappa shape index (κ1) is 43.7. The zero-order valence-electron chi connectivity index (χ0n) is 29.5. The van der Waals surface area contributed by atoms with Crippen LogP contribution < -0.4 is 21.7 Å². The van der Waals surface area contributed by atoms with Gasteiger partial charge in [-0.2, -0.15) is 5.26 Å². The van der Waals surface area contributed by atoms with E-state index in [0.717, 1.165) is 42.7 Å². The topological polar surface area (TPSA) is 85.9 Å². The molecule has 0 bridgehead atoms. The first-order chi connectivity index (χ1) is 21.5. The minimum Gasteiger partial charge on any atom is -0.388 e. The highest BCUT2D eigenvalue weighted by Crippen LogP contribution is 2.34. The summed E-state index contributed by atoms with van der Waals surface area (Å²) in [6, 6.07) is 15.0. The molecule has 4 atom stereocenters. The zero-order valence-corrected chi connectivity index (χ0v) is 29.5. The molecule has 0 spiro atoms. The van der Waals surface area contributed by atoms with Gasteiger partial charge in [-0.25, -0.2) is 0 Å². The molecule has 5 nitrogen and oxygen atoms in total. The van der Waals surface area contributed by atoms with E-state index in [1.807, 2.05) is 36.4 Å². The normalized spacial score (nSPS) is 18.0. The molecule has 45 heavy (non-hydrogen) atoms. The predicted octanol–water partition coefficient (Wildman–Crippen LogP) is 9.10. The Morgan fingerprint density at radius 1 is 0.933 bits per heavy atom.